The Bertz CT molecular complexity index is 2500. The van der Waals surface area contributed by atoms with E-state index in [4.69, 9.17) is 56.8 Å². The van der Waals surface area contributed by atoms with Gasteiger partial charge < -0.3 is 56.8 Å². The maximum Gasteiger partial charge on any atom is 0.513 e. The fourth-order valence-electron chi connectivity index (χ4n) is 6.40. The lowest BCUT2D eigenvalue weighted by Gasteiger charge is -2.17. The summed E-state index contributed by atoms with van der Waals surface area (Å²) in [6, 6.07) is 24.5. The van der Waals surface area contributed by atoms with E-state index < -0.39 is 72.5 Å². The maximum atomic E-state index is 12.7. The normalized spacial score (nSPS) is 16.1. The fraction of sp³-hybridized carbons (Fsp3) is 0.308. The molecule has 0 aromatic heterocycles. The molecule has 20 heteroatoms. The molecule has 380 valence electrons. The maximum absolute atomic E-state index is 12.7. The highest BCUT2D eigenvalue weighted by Crippen LogP contribution is 2.31. The second-order valence-electron chi connectivity index (χ2n) is 15.4. The molecule has 2 aliphatic rings. The lowest BCUT2D eigenvalue weighted by Crippen LogP contribution is -2.35. The van der Waals surface area contributed by atoms with Crippen LogP contribution in [0.1, 0.15) is 69.2 Å². The standard InChI is InChI=1S/C30H30O13.C22H22O7/c1-3-25(32)36-14-4-5-15-37-30(35)42-22-12-8-19(9-13-22)28(33)41-21-10-6-20(7-11-21)29(34)43-24-17-39-26-23(40-18(2)31)16-38-27(24)26;1-3-20(23)26-14-4-5-15-27-22(25)29-19-12-8-17(9-13-19)21(24)28-18-10-6-16(2)7-11-18/h3,6-13,23-24,26-27H,1,4-5,14-17H2,2H3;3,6-13H,1,4-5,14-15H2,2H3/t23-,24+,26?,27?;/m1./s1. The van der Waals surface area contributed by atoms with Crippen LogP contribution in [0.15, 0.2) is 122 Å². The van der Waals surface area contributed by atoms with Gasteiger partial charge in [0.15, 0.2) is 12.2 Å². The summed E-state index contributed by atoms with van der Waals surface area (Å²) < 4.78 is 62.2. The van der Waals surface area contributed by atoms with Crippen LogP contribution in [0.4, 0.5) is 9.59 Å². The number of fused-ring (bicyclic) bond motifs is 1. The molecule has 2 aliphatic heterocycles. The molecule has 0 N–H and O–H groups in total. The van der Waals surface area contributed by atoms with Gasteiger partial charge in [-0.3, -0.25) is 4.79 Å². The van der Waals surface area contributed by atoms with E-state index in [0.717, 1.165) is 17.7 Å². The number of benzene rings is 4. The molecule has 6 rings (SSSR count). The summed E-state index contributed by atoms with van der Waals surface area (Å²) >= 11 is 0. The van der Waals surface area contributed by atoms with E-state index in [0.29, 0.717) is 37.0 Å². The van der Waals surface area contributed by atoms with Crippen LogP contribution in [0.3, 0.4) is 0 Å². The molecule has 4 atom stereocenters. The molecule has 2 unspecified atom stereocenters. The van der Waals surface area contributed by atoms with Gasteiger partial charge in [0.2, 0.25) is 0 Å². The molecule has 20 nitrogen and oxygen atoms in total. The van der Waals surface area contributed by atoms with Gasteiger partial charge in [-0.15, -0.1) is 0 Å². The zero-order valence-electron chi connectivity index (χ0n) is 39.4. The molecule has 4 aromatic rings. The quantitative estimate of drug-likeness (QED) is 0.0197. The Kier molecular flexibility index (Phi) is 21.5. The molecule has 72 heavy (non-hydrogen) atoms. The molecular formula is C52H52O20. The van der Waals surface area contributed by atoms with Crippen LogP contribution in [0.2, 0.25) is 0 Å². The highest BCUT2D eigenvalue weighted by Gasteiger charge is 2.51. The number of hydrogen-bond acceptors (Lipinski definition) is 20. The van der Waals surface area contributed by atoms with E-state index in [-0.39, 0.29) is 68.0 Å². The smallest absolute Gasteiger partial charge is 0.463 e. The van der Waals surface area contributed by atoms with Crippen molar-refractivity contribution in [2.45, 2.75) is 63.9 Å². The highest BCUT2D eigenvalue weighted by molar-refractivity contribution is 5.92. The van der Waals surface area contributed by atoms with Gasteiger partial charge in [0.05, 0.1) is 56.3 Å². The third kappa shape index (κ3) is 18.2. The van der Waals surface area contributed by atoms with Crippen molar-refractivity contribution in [3.63, 3.8) is 0 Å². The Balaban J connectivity index is 0.000000289. The average Bonchev–Trinajstić information content (AvgIpc) is 3.97. The van der Waals surface area contributed by atoms with Crippen LogP contribution < -0.4 is 18.9 Å². The first kappa shape index (κ1) is 54.6. The SMILES string of the molecule is C=CC(=O)OCCCCOC(=O)Oc1ccc(C(=O)Oc2ccc(C(=O)O[C@H]3COC4C3OC[C@H]4OC(C)=O)cc2)cc1.C=CC(=O)OCCCCOC(=O)Oc1ccc(C(=O)Oc2ccc(C)cc2)cc1. The summed E-state index contributed by atoms with van der Waals surface area (Å²) in [4.78, 5) is 93.9. The highest BCUT2D eigenvalue weighted by atomic mass is 16.7. The van der Waals surface area contributed by atoms with Crippen molar-refractivity contribution >= 4 is 48.1 Å². The number of esters is 6. The van der Waals surface area contributed by atoms with Gasteiger partial charge in [0.25, 0.3) is 0 Å². The van der Waals surface area contributed by atoms with Gasteiger partial charge >= 0.3 is 48.1 Å². The van der Waals surface area contributed by atoms with Crippen molar-refractivity contribution in [1.82, 2.24) is 0 Å². The number of carbonyl (C=O) groups excluding carboxylic acids is 8. The molecule has 2 saturated heterocycles. The summed E-state index contributed by atoms with van der Waals surface area (Å²) in [7, 11) is 0. The Hall–Kier alpha value is -8.36. The third-order valence-electron chi connectivity index (χ3n) is 9.99. The summed E-state index contributed by atoms with van der Waals surface area (Å²) in [5.41, 5.74) is 1.80. The van der Waals surface area contributed by atoms with E-state index in [2.05, 4.69) is 13.2 Å². The average molecular weight is 997 g/mol. The predicted octanol–water partition coefficient (Wildman–Crippen LogP) is 7.42. The second kappa shape index (κ2) is 28.3. The van der Waals surface area contributed by atoms with Crippen molar-refractivity contribution in [3.8, 4) is 23.0 Å². The monoisotopic (exact) mass is 996 g/mol. The second-order valence-corrected chi connectivity index (χ2v) is 15.4. The zero-order valence-corrected chi connectivity index (χ0v) is 39.4. The molecule has 2 heterocycles. The number of ether oxygens (including phenoxy) is 12. The van der Waals surface area contributed by atoms with Crippen LogP contribution in [0, 0.1) is 6.92 Å². The van der Waals surface area contributed by atoms with Crippen molar-refractivity contribution in [3.05, 3.63) is 145 Å². The molecule has 0 spiro atoms. The Labute approximate surface area is 413 Å². The van der Waals surface area contributed by atoms with E-state index in [9.17, 15) is 38.4 Å². The molecule has 2 fully saturated rings. The summed E-state index contributed by atoms with van der Waals surface area (Å²) in [6.45, 7) is 10.7. The van der Waals surface area contributed by atoms with Gasteiger partial charge in [0.1, 0.15) is 35.2 Å². The number of unbranched alkanes of at least 4 members (excludes halogenated alkanes) is 2. The Morgan fingerprint density at radius 2 is 0.806 bits per heavy atom. The number of carbonyl (C=O) groups is 8. The number of hydrogen-bond donors (Lipinski definition) is 0. The lowest BCUT2D eigenvalue weighted by atomic mass is 10.1. The summed E-state index contributed by atoms with van der Waals surface area (Å²) in [6.07, 6.45) is 0.155. The summed E-state index contributed by atoms with van der Waals surface area (Å²) in [5.74, 6) is -2.21. The minimum absolute atomic E-state index is 0.0772. The van der Waals surface area contributed by atoms with E-state index in [1.807, 2.05) is 19.1 Å². The van der Waals surface area contributed by atoms with Crippen LogP contribution in [0.5, 0.6) is 23.0 Å². The van der Waals surface area contributed by atoms with Crippen molar-refractivity contribution in [2.24, 2.45) is 0 Å². The predicted molar refractivity (Wildman–Crippen MR) is 249 cm³/mol. The molecule has 0 aliphatic carbocycles. The minimum Gasteiger partial charge on any atom is -0.463 e. The first-order valence-corrected chi connectivity index (χ1v) is 22.4. The van der Waals surface area contributed by atoms with E-state index in [1.165, 1.54) is 79.7 Å². The molecule has 0 radical (unpaired) electrons. The van der Waals surface area contributed by atoms with Crippen LogP contribution in [-0.4, -0.2) is 112 Å². The van der Waals surface area contributed by atoms with Crippen LogP contribution in [-0.2, 0) is 52.3 Å². The molecular weight excluding hydrogens is 945 g/mol. The molecule has 0 bridgehead atoms. The Morgan fingerprint density at radius 3 is 1.18 bits per heavy atom. The topological polar surface area (TPSA) is 247 Å². The summed E-state index contributed by atoms with van der Waals surface area (Å²) in [5, 5.41) is 0. The molecule has 4 aromatic carbocycles. The first-order valence-electron chi connectivity index (χ1n) is 22.4. The van der Waals surface area contributed by atoms with Gasteiger partial charge in [-0.1, -0.05) is 30.9 Å². The van der Waals surface area contributed by atoms with Crippen LogP contribution >= 0.6 is 0 Å². The van der Waals surface area contributed by atoms with E-state index in [1.54, 1.807) is 12.1 Å². The van der Waals surface area contributed by atoms with Gasteiger partial charge in [0, 0.05) is 19.1 Å². The van der Waals surface area contributed by atoms with Crippen molar-refractivity contribution in [1.29, 1.82) is 0 Å². The Morgan fingerprint density at radius 1 is 0.472 bits per heavy atom. The zero-order chi connectivity index (χ0) is 51.8. The van der Waals surface area contributed by atoms with Crippen molar-refractivity contribution in [2.75, 3.05) is 39.6 Å². The lowest BCUT2D eigenvalue weighted by molar-refractivity contribution is -0.151. The first-order chi connectivity index (χ1) is 34.7. The third-order valence-corrected chi connectivity index (χ3v) is 9.99. The number of rotatable bonds is 21. The van der Waals surface area contributed by atoms with Gasteiger partial charge in [-0.05, 0) is 118 Å². The molecule has 0 amide bonds. The fourth-order valence-corrected chi connectivity index (χ4v) is 6.40. The van der Waals surface area contributed by atoms with Crippen LogP contribution in [0.25, 0.3) is 0 Å². The number of aryl methyl sites for hydroxylation is 1. The van der Waals surface area contributed by atoms with E-state index >= 15 is 0 Å². The molecule has 0 saturated carbocycles. The minimum atomic E-state index is -0.917. The van der Waals surface area contributed by atoms with Gasteiger partial charge in [-0.25, -0.2) is 33.6 Å². The van der Waals surface area contributed by atoms with Crippen molar-refractivity contribution < 1.29 is 95.2 Å². The van der Waals surface area contributed by atoms with Gasteiger partial charge in [-0.2, -0.15) is 0 Å². The largest absolute Gasteiger partial charge is 0.513 e.